The normalized spacial score (nSPS) is 25.7. The molecule has 16 heavy (non-hydrogen) atoms. The number of piperidine rings is 1. The van der Waals surface area contributed by atoms with Gasteiger partial charge in [0.25, 0.3) is 0 Å². The molecule has 1 aromatic heterocycles. The molecule has 1 aromatic rings. The molecule has 1 aliphatic heterocycles. The second-order valence-electron chi connectivity index (χ2n) is 5.01. The lowest BCUT2D eigenvalue weighted by Gasteiger charge is -2.27. The molecular formula is C13H19N3. The highest BCUT2D eigenvalue weighted by Crippen LogP contribution is 2.27. The summed E-state index contributed by atoms with van der Waals surface area (Å²) in [6.45, 7) is 4.56. The van der Waals surface area contributed by atoms with Gasteiger partial charge in [0.1, 0.15) is 0 Å². The quantitative estimate of drug-likeness (QED) is 0.780. The maximum atomic E-state index is 4.52. The van der Waals surface area contributed by atoms with Crippen LogP contribution in [0.5, 0.6) is 0 Å². The van der Waals surface area contributed by atoms with Crippen LogP contribution in [-0.2, 0) is 6.42 Å². The molecule has 3 rings (SSSR count). The molecule has 86 valence electrons. The number of hydrogen-bond acceptors (Lipinski definition) is 2. The van der Waals surface area contributed by atoms with Crippen molar-refractivity contribution in [2.24, 2.45) is 5.92 Å². The molecule has 1 atom stereocenters. The van der Waals surface area contributed by atoms with E-state index in [-0.39, 0.29) is 0 Å². The number of fused-ring (bicyclic) bond motifs is 1. The largest absolute Gasteiger partial charge is 0.331 e. The highest BCUT2D eigenvalue weighted by Gasteiger charge is 2.21. The Bertz CT molecular complexity index is 399. The lowest BCUT2D eigenvalue weighted by molar-refractivity contribution is 0.358. The molecule has 0 aromatic carbocycles. The fourth-order valence-corrected chi connectivity index (χ4v) is 2.78. The smallest absolute Gasteiger partial charge is 0.0958 e. The number of imidazole rings is 1. The Hall–Kier alpha value is -1.09. The Kier molecular flexibility index (Phi) is 2.56. The minimum absolute atomic E-state index is 0.657. The predicted octanol–water partition coefficient (Wildman–Crippen LogP) is 2.01. The average molecular weight is 217 g/mol. The lowest BCUT2D eigenvalue weighted by Crippen LogP contribution is -2.30. The first-order chi connectivity index (χ1) is 7.84. The predicted molar refractivity (Wildman–Crippen MR) is 65.3 cm³/mol. The van der Waals surface area contributed by atoms with Crippen LogP contribution in [0.25, 0.3) is 6.08 Å². The van der Waals surface area contributed by atoms with Crippen LogP contribution in [0.1, 0.15) is 37.2 Å². The van der Waals surface area contributed by atoms with Gasteiger partial charge in [0.15, 0.2) is 0 Å². The summed E-state index contributed by atoms with van der Waals surface area (Å²) in [5.74, 6) is 0.657. The lowest BCUT2D eigenvalue weighted by atomic mass is 9.97. The van der Waals surface area contributed by atoms with E-state index in [1.54, 1.807) is 0 Å². The standard InChI is InChI=1S/C13H19N3/c1-10-2-3-12-13(8-10)16(9-15-12)11-4-6-14-7-5-11/h2-3,9-11,14H,4-8H2,1H3. The van der Waals surface area contributed by atoms with Crippen LogP contribution >= 0.6 is 0 Å². The molecule has 1 unspecified atom stereocenters. The number of allylic oxidation sites excluding steroid dienone is 1. The molecule has 1 aliphatic carbocycles. The summed E-state index contributed by atoms with van der Waals surface area (Å²) in [5, 5.41) is 3.42. The van der Waals surface area contributed by atoms with Crippen molar-refractivity contribution in [2.45, 2.75) is 32.2 Å². The Morgan fingerprint density at radius 2 is 2.19 bits per heavy atom. The van der Waals surface area contributed by atoms with Gasteiger partial charge in [0, 0.05) is 11.7 Å². The zero-order valence-electron chi connectivity index (χ0n) is 9.82. The van der Waals surface area contributed by atoms with Gasteiger partial charge in [-0.25, -0.2) is 4.98 Å². The Labute approximate surface area is 96.6 Å². The van der Waals surface area contributed by atoms with E-state index in [2.05, 4.69) is 33.9 Å². The summed E-state index contributed by atoms with van der Waals surface area (Å²) in [4.78, 5) is 4.52. The highest BCUT2D eigenvalue weighted by atomic mass is 15.1. The van der Waals surface area contributed by atoms with E-state index in [4.69, 9.17) is 0 Å². The third-order valence-corrected chi connectivity index (χ3v) is 3.73. The first kappa shape index (κ1) is 10.1. The molecule has 3 heteroatoms. The molecule has 3 nitrogen and oxygen atoms in total. The van der Waals surface area contributed by atoms with Gasteiger partial charge in [-0.15, -0.1) is 0 Å². The van der Waals surface area contributed by atoms with E-state index in [1.165, 1.54) is 24.2 Å². The molecule has 2 aliphatic rings. The third kappa shape index (κ3) is 1.69. The fourth-order valence-electron chi connectivity index (χ4n) is 2.78. The molecule has 1 N–H and O–H groups in total. The fraction of sp³-hybridized carbons (Fsp3) is 0.615. The Balaban J connectivity index is 1.90. The van der Waals surface area contributed by atoms with E-state index in [1.807, 2.05) is 6.33 Å². The van der Waals surface area contributed by atoms with Crippen molar-refractivity contribution in [3.8, 4) is 0 Å². The Morgan fingerprint density at radius 3 is 3.00 bits per heavy atom. The summed E-state index contributed by atoms with van der Waals surface area (Å²) >= 11 is 0. The monoisotopic (exact) mass is 217 g/mol. The highest BCUT2D eigenvalue weighted by molar-refractivity contribution is 5.51. The van der Waals surface area contributed by atoms with Crippen LogP contribution in [0.15, 0.2) is 12.4 Å². The summed E-state index contributed by atoms with van der Waals surface area (Å²) in [7, 11) is 0. The molecule has 0 spiro atoms. The van der Waals surface area contributed by atoms with Gasteiger partial charge in [0.2, 0.25) is 0 Å². The molecule has 0 bridgehead atoms. The number of hydrogen-bond donors (Lipinski definition) is 1. The van der Waals surface area contributed by atoms with Crippen LogP contribution in [0.3, 0.4) is 0 Å². The van der Waals surface area contributed by atoms with Gasteiger partial charge in [0.05, 0.1) is 12.0 Å². The molecule has 2 heterocycles. The topological polar surface area (TPSA) is 29.9 Å². The number of nitrogens with zero attached hydrogens (tertiary/aromatic N) is 2. The summed E-state index contributed by atoms with van der Waals surface area (Å²) in [6.07, 6.45) is 10.1. The van der Waals surface area contributed by atoms with Gasteiger partial charge in [-0.2, -0.15) is 0 Å². The van der Waals surface area contributed by atoms with Crippen molar-refractivity contribution >= 4 is 6.08 Å². The zero-order chi connectivity index (χ0) is 11.0. The van der Waals surface area contributed by atoms with Crippen molar-refractivity contribution in [1.29, 1.82) is 0 Å². The second-order valence-corrected chi connectivity index (χ2v) is 5.01. The van der Waals surface area contributed by atoms with Gasteiger partial charge in [-0.1, -0.05) is 13.0 Å². The number of rotatable bonds is 1. The molecule has 0 radical (unpaired) electrons. The van der Waals surface area contributed by atoms with Crippen molar-refractivity contribution in [3.05, 3.63) is 23.8 Å². The first-order valence-corrected chi connectivity index (χ1v) is 6.29. The zero-order valence-corrected chi connectivity index (χ0v) is 9.82. The molecule has 0 amide bonds. The van der Waals surface area contributed by atoms with Gasteiger partial charge < -0.3 is 9.88 Å². The van der Waals surface area contributed by atoms with Crippen molar-refractivity contribution in [1.82, 2.24) is 14.9 Å². The summed E-state index contributed by atoms with van der Waals surface area (Å²) in [6, 6.07) is 0.663. The van der Waals surface area contributed by atoms with Crippen molar-refractivity contribution < 1.29 is 0 Å². The minimum Gasteiger partial charge on any atom is -0.331 e. The number of nitrogens with one attached hydrogen (secondary N) is 1. The third-order valence-electron chi connectivity index (χ3n) is 3.73. The maximum absolute atomic E-state index is 4.52. The summed E-state index contributed by atoms with van der Waals surface area (Å²) in [5.41, 5.74) is 2.64. The minimum atomic E-state index is 0.657. The maximum Gasteiger partial charge on any atom is 0.0958 e. The Morgan fingerprint density at radius 1 is 1.38 bits per heavy atom. The second kappa shape index (κ2) is 4.06. The molecule has 1 fully saturated rings. The van der Waals surface area contributed by atoms with Gasteiger partial charge >= 0.3 is 0 Å². The molecular weight excluding hydrogens is 198 g/mol. The molecule has 0 saturated carbocycles. The molecule has 1 saturated heterocycles. The van der Waals surface area contributed by atoms with Crippen LogP contribution in [0, 0.1) is 5.92 Å². The van der Waals surface area contributed by atoms with E-state index in [0.29, 0.717) is 12.0 Å². The average Bonchev–Trinajstić information content (AvgIpc) is 2.73. The SMILES string of the molecule is CC1C=Cc2ncn(C3CCNCC3)c2C1. The van der Waals surface area contributed by atoms with E-state index >= 15 is 0 Å². The van der Waals surface area contributed by atoms with Crippen LogP contribution < -0.4 is 5.32 Å². The van der Waals surface area contributed by atoms with Gasteiger partial charge in [-0.05, 0) is 44.3 Å². The summed E-state index contributed by atoms with van der Waals surface area (Å²) < 4.78 is 2.43. The van der Waals surface area contributed by atoms with Crippen LogP contribution in [-0.4, -0.2) is 22.6 Å². The van der Waals surface area contributed by atoms with Crippen LogP contribution in [0.4, 0.5) is 0 Å². The van der Waals surface area contributed by atoms with Crippen molar-refractivity contribution in [3.63, 3.8) is 0 Å². The van der Waals surface area contributed by atoms with E-state index in [9.17, 15) is 0 Å². The number of aromatic nitrogens is 2. The van der Waals surface area contributed by atoms with Crippen molar-refractivity contribution in [2.75, 3.05) is 13.1 Å². The van der Waals surface area contributed by atoms with E-state index in [0.717, 1.165) is 19.5 Å². The van der Waals surface area contributed by atoms with E-state index < -0.39 is 0 Å². The first-order valence-electron chi connectivity index (χ1n) is 6.29. The van der Waals surface area contributed by atoms with Gasteiger partial charge in [-0.3, -0.25) is 0 Å². The van der Waals surface area contributed by atoms with Crippen LogP contribution in [0.2, 0.25) is 0 Å².